The topological polar surface area (TPSA) is 75.6 Å². The zero-order valence-electron chi connectivity index (χ0n) is 8.44. The lowest BCUT2D eigenvalue weighted by molar-refractivity contribution is -0.117. The Labute approximate surface area is 88.1 Å². The molecule has 0 spiro atoms. The molecule has 0 bridgehead atoms. The molecule has 15 heavy (non-hydrogen) atoms. The molecule has 1 aliphatic carbocycles. The largest absolute Gasteiger partial charge is 0.506 e. The number of carboxylic acid groups (broad SMARTS) is 1. The lowest BCUT2D eigenvalue weighted by atomic mass is 9.93. The van der Waals surface area contributed by atoms with Crippen LogP contribution in [0.4, 0.5) is 4.79 Å². The van der Waals surface area contributed by atoms with Gasteiger partial charge in [-0.05, 0) is 31.8 Å². The minimum Gasteiger partial charge on any atom is -0.450 e. The first-order valence-corrected chi connectivity index (χ1v) is 4.94. The first-order chi connectivity index (χ1) is 7.11. The summed E-state index contributed by atoms with van der Waals surface area (Å²) in [7, 11) is 0. The van der Waals surface area contributed by atoms with Crippen molar-refractivity contribution in [3.8, 4) is 0 Å². The Bertz CT molecular complexity index is 256. The fourth-order valence-electron chi connectivity index (χ4n) is 1.73. The molecule has 1 saturated carbocycles. The summed E-state index contributed by atoms with van der Waals surface area (Å²) in [6, 6.07) is 0.115. The quantitative estimate of drug-likeness (QED) is 0.547. The summed E-state index contributed by atoms with van der Waals surface area (Å²) < 4.78 is 4.65. The van der Waals surface area contributed by atoms with Crippen LogP contribution in [0.15, 0.2) is 12.7 Å². The van der Waals surface area contributed by atoms with Gasteiger partial charge in [0, 0.05) is 6.04 Å². The highest BCUT2D eigenvalue weighted by atomic mass is 16.7. The maximum absolute atomic E-state index is 11.0. The molecule has 0 aromatic rings. The van der Waals surface area contributed by atoms with Crippen LogP contribution in [0.2, 0.25) is 0 Å². The molecule has 84 valence electrons. The van der Waals surface area contributed by atoms with E-state index in [1.54, 1.807) is 0 Å². The Morgan fingerprint density at radius 3 is 2.40 bits per heavy atom. The smallest absolute Gasteiger partial charge is 0.450 e. The van der Waals surface area contributed by atoms with Crippen LogP contribution in [0.5, 0.6) is 0 Å². The van der Waals surface area contributed by atoms with E-state index in [1.807, 2.05) is 0 Å². The Morgan fingerprint density at radius 1 is 1.33 bits per heavy atom. The van der Waals surface area contributed by atoms with Crippen molar-refractivity contribution in [2.45, 2.75) is 37.8 Å². The Hall–Kier alpha value is -1.52. The van der Waals surface area contributed by atoms with Crippen molar-refractivity contribution >= 4 is 12.1 Å². The van der Waals surface area contributed by atoms with Crippen LogP contribution in [0, 0.1) is 0 Å². The Balaban J connectivity index is 2.26. The van der Waals surface area contributed by atoms with Gasteiger partial charge in [0.1, 0.15) is 6.10 Å². The zero-order chi connectivity index (χ0) is 11.3. The second-order valence-electron chi connectivity index (χ2n) is 3.57. The van der Waals surface area contributed by atoms with Crippen molar-refractivity contribution in [2.24, 2.45) is 0 Å². The summed E-state index contributed by atoms with van der Waals surface area (Å²) in [6.45, 7) is 3.37. The Morgan fingerprint density at radius 2 is 1.93 bits per heavy atom. The number of amides is 1. The van der Waals surface area contributed by atoms with Gasteiger partial charge in [-0.3, -0.25) is 4.79 Å². The molecule has 0 aliphatic heterocycles. The third-order valence-corrected chi connectivity index (χ3v) is 2.47. The predicted molar refractivity (Wildman–Crippen MR) is 53.5 cm³/mol. The average Bonchev–Trinajstić information content (AvgIpc) is 2.20. The van der Waals surface area contributed by atoms with E-state index < -0.39 is 6.16 Å². The summed E-state index contributed by atoms with van der Waals surface area (Å²) in [6.07, 6.45) is 2.60. The van der Waals surface area contributed by atoms with Gasteiger partial charge in [0.2, 0.25) is 5.91 Å². The Kier molecular flexibility index (Phi) is 4.15. The fraction of sp³-hybridized carbons (Fsp3) is 0.600. The van der Waals surface area contributed by atoms with Gasteiger partial charge in [-0.25, -0.2) is 4.79 Å². The van der Waals surface area contributed by atoms with Crippen LogP contribution in [0.1, 0.15) is 25.7 Å². The molecule has 5 nitrogen and oxygen atoms in total. The minimum atomic E-state index is -1.23. The first kappa shape index (κ1) is 11.6. The number of carbonyl (C=O) groups is 2. The molecular formula is C10H15NO4. The second-order valence-corrected chi connectivity index (χ2v) is 3.57. The molecule has 0 unspecified atom stereocenters. The highest BCUT2D eigenvalue weighted by molar-refractivity contribution is 5.87. The van der Waals surface area contributed by atoms with E-state index in [0.717, 1.165) is 12.8 Å². The van der Waals surface area contributed by atoms with Gasteiger partial charge in [0.25, 0.3) is 0 Å². The van der Waals surface area contributed by atoms with Crippen LogP contribution in [-0.4, -0.2) is 29.3 Å². The van der Waals surface area contributed by atoms with Crippen LogP contribution in [-0.2, 0) is 9.53 Å². The van der Waals surface area contributed by atoms with E-state index in [0.29, 0.717) is 12.8 Å². The number of rotatable bonds is 3. The molecule has 1 fully saturated rings. The number of hydrogen-bond donors (Lipinski definition) is 2. The van der Waals surface area contributed by atoms with E-state index in [1.165, 1.54) is 6.08 Å². The number of hydrogen-bond acceptors (Lipinski definition) is 3. The van der Waals surface area contributed by atoms with Crippen molar-refractivity contribution in [2.75, 3.05) is 0 Å². The molecule has 0 heterocycles. The summed E-state index contributed by atoms with van der Waals surface area (Å²) in [5.74, 6) is -0.183. The number of carbonyl (C=O) groups excluding carboxylic acids is 1. The molecule has 0 radical (unpaired) electrons. The van der Waals surface area contributed by atoms with Crippen molar-refractivity contribution < 1.29 is 19.4 Å². The molecule has 5 heteroatoms. The molecular weight excluding hydrogens is 198 g/mol. The van der Waals surface area contributed by atoms with E-state index >= 15 is 0 Å². The van der Waals surface area contributed by atoms with Gasteiger partial charge in [-0.2, -0.15) is 0 Å². The van der Waals surface area contributed by atoms with E-state index in [-0.39, 0.29) is 18.1 Å². The van der Waals surface area contributed by atoms with Crippen molar-refractivity contribution in [1.29, 1.82) is 0 Å². The number of nitrogens with one attached hydrogen (secondary N) is 1. The van der Waals surface area contributed by atoms with Gasteiger partial charge >= 0.3 is 6.16 Å². The van der Waals surface area contributed by atoms with Gasteiger partial charge in [-0.15, -0.1) is 0 Å². The molecule has 0 aromatic heterocycles. The summed E-state index contributed by atoms with van der Waals surface area (Å²) in [5, 5.41) is 11.2. The van der Waals surface area contributed by atoms with Crippen LogP contribution in [0.25, 0.3) is 0 Å². The lowest BCUT2D eigenvalue weighted by Crippen LogP contribution is -2.38. The standard InChI is InChI=1S/C10H15NO4/c1-2-9(12)11-7-3-5-8(6-4-7)15-10(13)14/h2,7-8H,1,3-6H2,(H,11,12)(H,13,14). The maximum Gasteiger partial charge on any atom is 0.506 e. The van der Waals surface area contributed by atoms with Crippen molar-refractivity contribution in [1.82, 2.24) is 5.32 Å². The molecule has 0 saturated heterocycles. The molecule has 0 aromatic carbocycles. The van der Waals surface area contributed by atoms with Gasteiger partial charge in [-0.1, -0.05) is 6.58 Å². The monoisotopic (exact) mass is 213 g/mol. The summed E-state index contributed by atoms with van der Waals surface area (Å²) >= 11 is 0. The number of ether oxygens (including phenoxy) is 1. The molecule has 2 N–H and O–H groups in total. The van der Waals surface area contributed by atoms with Crippen LogP contribution >= 0.6 is 0 Å². The van der Waals surface area contributed by atoms with Gasteiger partial charge < -0.3 is 15.2 Å². The SMILES string of the molecule is C=CC(=O)NC1CCC(OC(=O)O)CC1. The first-order valence-electron chi connectivity index (χ1n) is 4.94. The predicted octanol–water partition coefficient (Wildman–Crippen LogP) is 1.29. The van der Waals surface area contributed by atoms with Crippen LogP contribution < -0.4 is 5.32 Å². The van der Waals surface area contributed by atoms with E-state index in [9.17, 15) is 9.59 Å². The normalized spacial score (nSPS) is 25.3. The van der Waals surface area contributed by atoms with Crippen LogP contribution in [0.3, 0.4) is 0 Å². The fourth-order valence-corrected chi connectivity index (χ4v) is 1.73. The molecule has 1 amide bonds. The molecule has 0 atom stereocenters. The zero-order valence-corrected chi connectivity index (χ0v) is 8.44. The van der Waals surface area contributed by atoms with Gasteiger partial charge in [0.05, 0.1) is 0 Å². The third-order valence-electron chi connectivity index (χ3n) is 2.47. The summed E-state index contributed by atoms with van der Waals surface area (Å²) in [5.41, 5.74) is 0. The third kappa shape index (κ3) is 4.01. The highest BCUT2D eigenvalue weighted by Gasteiger charge is 2.24. The van der Waals surface area contributed by atoms with E-state index in [2.05, 4.69) is 16.6 Å². The minimum absolute atomic E-state index is 0.115. The lowest BCUT2D eigenvalue weighted by Gasteiger charge is -2.27. The van der Waals surface area contributed by atoms with Crippen molar-refractivity contribution in [3.63, 3.8) is 0 Å². The molecule has 1 aliphatic rings. The van der Waals surface area contributed by atoms with E-state index in [4.69, 9.17) is 5.11 Å². The van der Waals surface area contributed by atoms with Crippen molar-refractivity contribution in [3.05, 3.63) is 12.7 Å². The highest BCUT2D eigenvalue weighted by Crippen LogP contribution is 2.21. The molecule has 1 rings (SSSR count). The average molecular weight is 213 g/mol. The summed E-state index contributed by atoms with van der Waals surface area (Å²) in [4.78, 5) is 21.3. The van der Waals surface area contributed by atoms with Gasteiger partial charge in [0.15, 0.2) is 0 Å². The second kappa shape index (κ2) is 5.38. The maximum atomic E-state index is 11.0.